The molecule has 214 valence electrons. The van der Waals surface area contributed by atoms with Gasteiger partial charge in [0.15, 0.2) is 0 Å². The van der Waals surface area contributed by atoms with Crippen molar-refractivity contribution in [3.63, 3.8) is 0 Å². The smallest absolute Gasteiger partial charge is 0.296 e. The maximum Gasteiger partial charge on any atom is 0.296 e. The van der Waals surface area contributed by atoms with Crippen LogP contribution in [-0.4, -0.2) is 70.0 Å². The van der Waals surface area contributed by atoms with E-state index < -0.39 is 5.60 Å². The molecule has 1 aliphatic heterocycles. The molecular weight excluding hydrogens is 532 g/mol. The lowest BCUT2D eigenvalue weighted by atomic mass is 9.91. The van der Waals surface area contributed by atoms with Crippen LogP contribution in [0.4, 0.5) is 0 Å². The molecule has 1 amide bonds. The highest BCUT2D eigenvalue weighted by Crippen LogP contribution is 2.28. The van der Waals surface area contributed by atoms with Gasteiger partial charge in [0.1, 0.15) is 6.33 Å². The molecule has 11 nitrogen and oxygen atoms in total. The normalized spacial score (nSPS) is 18.0. The third-order valence-corrected chi connectivity index (χ3v) is 8.58. The second-order valence-corrected chi connectivity index (χ2v) is 11.5. The summed E-state index contributed by atoms with van der Waals surface area (Å²) < 4.78 is 2.97. The van der Waals surface area contributed by atoms with Crippen molar-refractivity contribution < 1.29 is 9.90 Å². The predicted molar refractivity (Wildman–Crippen MR) is 156 cm³/mol. The molecule has 5 aromatic rings. The number of aromatic nitrogens is 6. The molecule has 3 aromatic heterocycles. The Morgan fingerprint density at radius 1 is 1.07 bits per heavy atom. The fourth-order valence-electron chi connectivity index (χ4n) is 6.23. The SMILES string of the molecule is NC1Cc2ccc(-c3cnc4c(=O)n(CC5(O)CCN(C(=O)c6cn[nH]c6Cc6ccccc6)CC5)cnn34)cc2C1. The predicted octanol–water partition coefficient (Wildman–Crippen LogP) is 1.97. The van der Waals surface area contributed by atoms with Gasteiger partial charge >= 0.3 is 0 Å². The van der Waals surface area contributed by atoms with Crippen LogP contribution in [0.2, 0.25) is 0 Å². The first kappa shape index (κ1) is 26.3. The molecule has 1 fully saturated rings. The molecule has 1 unspecified atom stereocenters. The largest absolute Gasteiger partial charge is 0.388 e. The number of aromatic amines is 1. The number of piperidine rings is 1. The Hall–Kier alpha value is -4.61. The van der Waals surface area contributed by atoms with Gasteiger partial charge in [-0.1, -0.05) is 42.5 Å². The molecule has 1 aliphatic carbocycles. The van der Waals surface area contributed by atoms with E-state index in [1.807, 2.05) is 36.4 Å². The van der Waals surface area contributed by atoms with Crippen molar-refractivity contribution >= 4 is 11.6 Å². The molecule has 1 atom stereocenters. The van der Waals surface area contributed by atoms with Gasteiger partial charge in [-0.2, -0.15) is 10.2 Å². The average molecular weight is 565 g/mol. The zero-order chi connectivity index (χ0) is 28.8. The molecule has 2 aliphatic rings. The third-order valence-electron chi connectivity index (χ3n) is 8.58. The second-order valence-electron chi connectivity index (χ2n) is 11.5. The Morgan fingerprint density at radius 3 is 2.67 bits per heavy atom. The number of carbonyl (C=O) groups excluding carboxylic acids is 1. The number of aliphatic hydroxyl groups is 1. The first-order valence-corrected chi connectivity index (χ1v) is 14.3. The fourth-order valence-corrected chi connectivity index (χ4v) is 6.23. The maximum absolute atomic E-state index is 13.4. The lowest BCUT2D eigenvalue weighted by Crippen LogP contribution is -2.49. The molecule has 42 heavy (non-hydrogen) atoms. The van der Waals surface area contributed by atoms with Gasteiger partial charge < -0.3 is 15.7 Å². The highest BCUT2D eigenvalue weighted by Gasteiger charge is 2.36. The number of nitrogens with zero attached hydrogens (tertiary/aromatic N) is 6. The number of carbonyl (C=O) groups is 1. The summed E-state index contributed by atoms with van der Waals surface area (Å²) in [6, 6.07) is 16.3. The van der Waals surface area contributed by atoms with Crippen molar-refractivity contribution in [1.82, 2.24) is 34.3 Å². The number of rotatable bonds is 6. The van der Waals surface area contributed by atoms with Crippen LogP contribution in [0.5, 0.6) is 0 Å². The van der Waals surface area contributed by atoms with Crippen LogP contribution in [0.15, 0.2) is 72.0 Å². The molecule has 7 rings (SSSR count). The van der Waals surface area contributed by atoms with Crippen molar-refractivity contribution in [2.75, 3.05) is 13.1 Å². The number of fused-ring (bicyclic) bond motifs is 2. The summed E-state index contributed by atoms with van der Waals surface area (Å²) in [5.41, 5.74) is 11.4. The summed E-state index contributed by atoms with van der Waals surface area (Å²) in [7, 11) is 0. The molecule has 11 heteroatoms. The Morgan fingerprint density at radius 2 is 1.86 bits per heavy atom. The highest BCUT2D eigenvalue weighted by molar-refractivity contribution is 5.95. The monoisotopic (exact) mass is 564 g/mol. The van der Waals surface area contributed by atoms with Crippen molar-refractivity contribution in [1.29, 1.82) is 0 Å². The Bertz CT molecular complexity index is 1830. The summed E-state index contributed by atoms with van der Waals surface area (Å²) in [4.78, 5) is 32.8. The van der Waals surface area contributed by atoms with Gasteiger partial charge in [0.05, 0.1) is 41.5 Å². The van der Waals surface area contributed by atoms with Crippen LogP contribution in [-0.2, 0) is 25.8 Å². The van der Waals surface area contributed by atoms with E-state index >= 15 is 0 Å². The molecule has 0 saturated carbocycles. The van der Waals surface area contributed by atoms with Gasteiger partial charge in [-0.15, -0.1) is 0 Å². The van der Waals surface area contributed by atoms with E-state index in [4.69, 9.17) is 5.73 Å². The minimum Gasteiger partial charge on any atom is -0.388 e. The molecular formula is C31H32N8O3. The topological polar surface area (TPSA) is 147 Å². The van der Waals surface area contributed by atoms with Crippen LogP contribution >= 0.6 is 0 Å². The Kier molecular flexibility index (Phi) is 6.47. The molecule has 0 radical (unpaired) electrons. The number of nitrogens with one attached hydrogen (secondary N) is 1. The van der Waals surface area contributed by atoms with E-state index in [9.17, 15) is 14.7 Å². The lowest BCUT2D eigenvalue weighted by Gasteiger charge is -2.38. The minimum atomic E-state index is -1.15. The number of nitrogens with two attached hydrogens (primary N) is 1. The maximum atomic E-state index is 13.4. The van der Waals surface area contributed by atoms with Gasteiger partial charge in [0, 0.05) is 31.1 Å². The molecule has 0 spiro atoms. The van der Waals surface area contributed by atoms with E-state index in [2.05, 4.69) is 32.4 Å². The standard InChI is InChI=1S/C31H32N8O3/c32-24-14-21-6-7-22(13-23(21)15-24)27-17-33-28-30(41)38(19-35-39(27)28)18-31(42)8-10-37(11-9-31)29(40)25-16-34-36-26(25)12-20-4-2-1-3-5-20/h1-7,13,16-17,19,24,42H,8-12,14-15,18,32H2,(H,34,36). The highest BCUT2D eigenvalue weighted by atomic mass is 16.3. The fraction of sp³-hybridized carbons (Fsp3) is 0.323. The molecule has 1 saturated heterocycles. The molecule has 0 bridgehead atoms. The first-order valence-electron chi connectivity index (χ1n) is 14.3. The van der Waals surface area contributed by atoms with Crippen LogP contribution in [0, 0.1) is 0 Å². The molecule has 4 N–H and O–H groups in total. The van der Waals surface area contributed by atoms with Gasteiger partial charge in [-0.25, -0.2) is 9.50 Å². The average Bonchev–Trinajstić information content (AvgIpc) is 3.72. The lowest BCUT2D eigenvalue weighted by molar-refractivity contribution is -0.0300. The summed E-state index contributed by atoms with van der Waals surface area (Å²) in [5.74, 6) is -0.115. The van der Waals surface area contributed by atoms with Crippen LogP contribution in [0.3, 0.4) is 0 Å². The van der Waals surface area contributed by atoms with Crippen molar-refractivity contribution in [2.45, 2.75) is 50.3 Å². The van der Waals surface area contributed by atoms with E-state index in [1.165, 1.54) is 22.0 Å². The van der Waals surface area contributed by atoms with E-state index in [-0.39, 0.29) is 29.7 Å². The minimum absolute atomic E-state index is 0.0707. The molecule has 2 aromatic carbocycles. The van der Waals surface area contributed by atoms with Crippen molar-refractivity contribution in [3.05, 3.63) is 106 Å². The number of amides is 1. The van der Waals surface area contributed by atoms with Crippen molar-refractivity contribution in [2.24, 2.45) is 5.73 Å². The van der Waals surface area contributed by atoms with E-state index in [0.29, 0.717) is 37.9 Å². The summed E-state index contributed by atoms with van der Waals surface area (Å²) in [6.45, 7) is 0.803. The number of hydrogen-bond acceptors (Lipinski definition) is 7. The summed E-state index contributed by atoms with van der Waals surface area (Å²) in [6.07, 6.45) is 7.63. The first-order chi connectivity index (χ1) is 20.4. The number of H-pyrrole nitrogens is 1. The third kappa shape index (κ3) is 4.80. The Balaban J connectivity index is 1.04. The van der Waals surface area contributed by atoms with Crippen LogP contribution in [0.25, 0.3) is 16.9 Å². The zero-order valence-corrected chi connectivity index (χ0v) is 23.1. The van der Waals surface area contributed by atoms with Crippen LogP contribution in [0.1, 0.15) is 45.6 Å². The van der Waals surface area contributed by atoms with Crippen molar-refractivity contribution in [3.8, 4) is 11.3 Å². The van der Waals surface area contributed by atoms with E-state index in [0.717, 1.165) is 35.4 Å². The van der Waals surface area contributed by atoms with E-state index in [1.54, 1.807) is 21.8 Å². The Labute approximate surface area is 241 Å². The number of imidazole rings is 1. The quantitative estimate of drug-likeness (QED) is 0.286. The van der Waals surface area contributed by atoms with Gasteiger partial charge in [-0.3, -0.25) is 19.3 Å². The summed E-state index contributed by atoms with van der Waals surface area (Å²) >= 11 is 0. The number of hydrogen-bond donors (Lipinski definition) is 3. The van der Waals surface area contributed by atoms with Gasteiger partial charge in [0.25, 0.3) is 11.5 Å². The molecule has 4 heterocycles. The number of likely N-dealkylation sites (tertiary alicyclic amines) is 1. The van der Waals surface area contributed by atoms with Gasteiger partial charge in [-0.05, 0) is 48.4 Å². The van der Waals surface area contributed by atoms with Gasteiger partial charge in [0.2, 0.25) is 5.65 Å². The number of benzene rings is 2. The van der Waals surface area contributed by atoms with Crippen LogP contribution < -0.4 is 11.3 Å². The summed E-state index contributed by atoms with van der Waals surface area (Å²) in [5, 5.41) is 23.0. The second kappa shape index (κ2) is 10.3. The zero-order valence-electron chi connectivity index (χ0n) is 23.1.